The lowest BCUT2D eigenvalue weighted by atomic mass is 10.2. The molecule has 19 heavy (non-hydrogen) atoms. The summed E-state index contributed by atoms with van der Waals surface area (Å²) in [7, 11) is -3.95. The minimum absolute atomic E-state index is 0.378. The Morgan fingerprint density at radius 1 is 1.26 bits per heavy atom. The highest BCUT2D eigenvalue weighted by atomic mass is 32.2. The van der Waals surface area contributed by atoms with Gasteiger partial charge in [0.2, 0.25) is 10.0 Å². The number of aliphatic hydroxyl groups excluding tert-OH is 1. The van der Waals surface area contributed by atoms with Gasteiger partial charge in [0, 0.05) is 12.2 Å². The maximum atomic E-state index is 12.0. The number of hydrogen-bond donors (Lipinski definition) is 3. The van der Waals surface area contributed by atoms with Crippen molar-refractivity contribution < 1.29 is 26.7 Å². The van der Waals surface area contributed by atoms with Gasteiger partial charge in [0.05, 0.1) is 5.75 Å². The summed E-state index contributed by atoms with van der Waals surface area (Å²) in [4.78, 5) is 0. The molecule has 0 heterocycles. The molecule has 1 aromatic rings. The molecule has 0 saturated heterocycles. The lowest BCUT2D eigenvalue weighted by Crippen LogP contribution is -2.41. The molecule has 0 fully saturated rings. The van der Waals surface area contributed by atoms with Crippen molar-refractivity contribution in [2.45, 2.75) is 18.0 Å². The second-order valence-electron chi connectivity index (χ2n) is 3.91. The van der Waals surface area contributed by atoms with Crippen LogP contribution in [-0.2, 0) is 15.8 Å². The molecule has 0 spiro atoms. The van der Waals surface area contributed by atoms with Crippen LogP contribution in [0.15, 0.2) is 24.3 Å². The molecule has 0 radical (unpaired) electrons. The van der Waals surface area contributed by atoms with Crippen LogP contribution < -0.4 is 10.5 Å². The third-order valence-corrected chi connectivity index (χ3v) is 3.53. The number of rotatable bonds is 5. The molecule has 0 aromatic heterocycles. The van der Waals surface area contributed by atoms with Crippen LogP contribution >= 0.6 is 0 Å². The van der Waals surface area contributed by atoms with Crippen molar-refractivity contribution in [3.8, 4) is 0 Å². The number of nitrogens with two attached hydrogens (primary N) is 1. The van der Waals surface area contributed by atoms with Crippen molar-refractivity contribution in [1.29, 1.82) is 0 Å². The number of nitrogens with one attached hydrogen (secondary N) is 1. The number of hydrogen-bond acceptors (Lipinski definition) is 4. The molecule has 0 saturated carbocycles. The topological polar surface area (TPSA) is 92.4 Å². The highest BCUT2D eigenvalue weighted by molar-refractivity contribution is 7.88. The first-order chi connectivity index (χ1) is 8.60. The van der Waals surface area contributed by atoms with Gasteiger partial charge in [-0.1, -0.05) is 12.1 Å². The van der Waals surface area contributed by atoms with Gasteiger partial charge >= 0.3 is 6.18 Å². The molecule has 0 bridgehead atoms. The number of benzene rings is 1. The molecule has 1 unspecified atom stereocenters. The van der Waals surface area contributed by atoms with Gasteiger partial charge in [0.15, 0.2) is 6.10 Å². The van der Waals surface area contributed by atoms with E-state index in [2.05, 4.69) is 0 Å². The van der Waals surface area contributed by atoms with Crippen LogP contribution in [0.3, 0.4) is 0 Å². The van der Waals surface area contributed by atoms with E-state index in [9.17, 15) is 21.6 Å². The highest BCUT2D eigenvalue weighted by Crippen LogP contribution is 2.19. The normalized spacial score (nSPS) is 14.3. The summed E-state index contributed by atoms with van der Waals surface area (Å²) in [6.07, 6.45) is -7.59. The van der Waals surface area contributed by atoms with E-state index in [1.807, 2.05) is 0 Å². The number of alkyl halides is 3. The molecule has 1 atom stereocenters. The fourth-order valence-electron chi connectivity index (χ4n) is 1.21. The summed E-state index contributed by atoms with van der Waals surface area (Å²) in [5.41, 5.74) is 6.24. The summed E-state index contributed by atoms with van der Waals surface area (Å²) >= 11 is 0. The maximum absolute atomic E-state index is 12.0. The Hall–Kier alpha value is -1.32. The Morgan fingerprint density at radius 2 is 1.79 bits per heavy atom. The van der Waals surface area contributed by atoms with Crippen LogP contribution in [0, 0.1) is 0 Å². The summed E-state index contributed by atoms with van der Waals surface area (Å²) in [6, 6.07) is 5.87. The minimum atomic E-state index is -4.86. The maximum Gasteiger partial charge on any atom is 0.415 e. The van der Waals surface area contributed by atoms with Crippen molar-refractivity contribution in [3.05, 3.63) is 29.8 Å². The SMILES string of the molecule is Nc1ccc(CS(=O)(=O)NCC(O)C(F)(F)F)cc1. The zero-order valence-corrected chi connectivity index (χ0v) is 10.5. The van der Waals surface area contributed by atoms with Gasteiger partial charge in [-0.3, -0.25) is 0 Å². The fourth-order valence-corrected chi connectivity index (χ4v) is 2.35. The molecule has 0 aliphatic carbocycles. The van der Waals surface area contributed by atoms with Crippen molar-refractivity contribution in [2.75, 3.05) is 12.3 Å². The van der Waals surface area contributed by atoms with E-state index in [1.165, 1.54) is 24.3 Å². The van der Waals surface area contributed by atoms with E-state index >= 15 is 0 Å². The molecule has 4 N–H and O–H groups in total. The molecule has 5 nitrogen and oxygen atoms in total. The van der Waals surface area contributed by atoms with Crippen molar-refractivity contribution in [2.24, 2.45) is 0 Å². The van der Waals surface area contributed by atoms with Gasteiger partial charge in [0.25, 0.3) is 0 Å². The monoisotopic (exact) mass is 298 g/mol. The Morgan fingerprint density at radius 3 is 2.26 bits per heavy atom. The zero-order chi connectivity index (χ0) is 14.7. The Balaban J connectivity index is 2.60. The van der Waals surface area contributed by atoms with Gasteiger partial charge in [0.1, 0.15) is 0 Å². The molecular weight excluding hydrogens is 285 g/mol. The number of aliphatic hydroxyl groups is 1. The van der Waals surface area contributed by atoms with Crippen LogP contribution in [0.1, 0.15) is 5.56 Å². The number of nitrogen functional groups attached to an aromatic ring is 1. The molecule has 0 amide bonds. The van der Waals surface area contributed by atoms with Crippen molar-refractivity contribution in [1.82, 2.24) is 4.72 Å². The van der Waals surface area contributed by atoms with Gasteiger partial charge < -0.3 is 10.8 Å². The van der Waals surface area contributed by atoms with Crippen LogP contribution in [0.2, 0.25) is 0 Å². The Bertz CT molecular complexity index is 514. The van der Waals surface area contributed by atoms with E-state index in [1.54, 1.807) is 4.72 Å². The quantitative estimate of drug-likeness (QED) is 0.695. The van der Waals surface area contributed by atoms with Gasteiger partial charge in [-0.15, -0.1) is 0 Å². The average Bonchev–Trinajstić information content (AvgIpc) is 2.27. The summed E-state index contributed by atoms with van der Waals surface area (Å²) in [5.74, 6) is -0.488. The summed E-state index contributed by atoms with van der Waals surface area (Å²) < 4.78 is 60.7. The smallest absolute Gasteiger partial charge is 0.399 e. The first-order valence-electron chi connectivity index (χ1n) is 5.17. The zero-order valence-electron chi connectivity index (χ0n) is 9.68. The second kappa shape index (κ2) is 5.76. The second-order valence-corrected chi connectivity index (χ2v) is 5.71. The third-order valence-electron chi connectivity index (χ3n) is 2.21. The van der Waals surface area contributed by atoms with Crippen molar-refractivity contribution >= 4 is 15.7 Å². The third kappa shape index (κ3) is 5.45. The molecule has 108 valence electrons. The van der Waals surface area contributed by atoms with Gasteiger partial charge in [-0.05, 0) is 17.7 Å². The predicted octanol–water partition coefficient (Wildman–Crippen LogP) is 0.611. The lowest BCUT2D eigenvalue weighted by molar-refractivity contribution is -0.200. The molecule has 1 rings (SSSR count). The predicted molar refractivity (Wildman–Crippen MR) is 63.5 cm³/mol. The first kappa shape index (κ1) is 15.7. The molecule has 0 aliphatic heterocycles. The number of halogens is 3. The van der Waals surface area contributed by atoms with Crippen LogP contribution in [0.5, 0.6) is 0 Å². The van der Waals surface area contributed by atoms with E-state index in [4.69, 9.17) is 10.8 Å². The van der Waals surface area contributed by atoms with Crippen LogP contribution in [0.25, 0.3) is 0 Å². The van der Waals surface area contributed by atoms with E-state index in [-0.39, 0.29) is 0 Å². The molecule has 9 heteroatoms. The Kier molecular flexibility index (Phi) is 4.77. The highest BCUT2D eigenvalue weighted by Gasteiger charge is 2.38. The average molecular weight is 298 g/mol. The Labute approximate surface area is 108 Å². The minimum Gasteiger partial charge on any atom is -0.399 e. The number of anilines is 1. The standard InChI is InChI=1S/C10H13F3N2O3S/c11-10(12,13)9(16)5-15-19(17,18)6-7-1-3-8(14)4-2-7/h1-4,9,15-16H,5-6,14H2. The molecule has 0 aliphatic rings. The lowest BCUT2D eigenvalue weighted by Gasteiger charge is -2.15. The van der Waals surface area contributed by atoms with E-state index in [0.717, 1.165) is 0 Å². The largest absolute Gasteiger partial charge is 0.415 e. The number of sulfonamides is 1. The molecular formula is C10H13F3N2O3S. The summed E-state index contributed by atoms with van der Waals surface area (Å²) in [6.45, 7) is -1.11. The van der Waals surface area contributed by atoms with Crippen LogP contribution in [0.4, 0.5) is 18.9 Å². The van der Waals surface area contributed by atoms with Crippen LogP contribution in [-0.4, -0.2) is 32.3 Å². The van der Waals surface area contributed by atoms with Crippen molar-refractivity contribution in [3.63, 3.8) is 0 Å². The first-order valence-corrected chi connectivity index (χ1v) is 6.82. The van der Waals surface area contributed by atoms with Gasteiger partial charge in [-0.25, -0.2) is 13.1 Å². The fraction of sp³-hybridized carbons (Fsp3) is 0.400. The van der Waals surface area contributed by atoms with Gasteiger partial charge in [-0.2, -0.15) is 13.2 Å². The van der Waals surface area contributed by atoms with E-state index < -0.39 is 34.6 Å². The van der Waals surface area contributed by atoms with E-state index in [0.29, 0.717) is 11.3 Å². The summed E-state index contributed by atoms with van der Waals surface area (Å²) in [5, 5.41) is 8.68. The molecule has 1 aromatic carbocycles.